The summed E-state index contributed by atoms with van der Waals surface area (Å²) in [5, 5.41) is 7.77. The van der Waals surface area contributed by atoms with Crippen molar-refractivity contribution in [3.63, 3.8) is 0 Å². The van der Waals surface area contributed by atoms with E-state index in [-0.39, 0.29) is 5.84 Å². The molecule has 4 heteroatoms. The van der Waals surface area contributed by atoms with Crippen LogP contribution >= 0.6 is 15.9 Å². The van der Waals surface area contributed by atoms with Gasteiger partial charge in [0, 0.05) is 16.7 Å². The van der Waals surface area contributed by atoms with Gasteiger partial charge in [-0.1, -0.05) is 24.3 Å². The highest BCUT2D eigenvalue weighted by molar-refractivity contribution is 9.10. The van der Waals surface area contributed by atoms with E-state index in [1.54, 1.807) is 0 Å². The van der Waals surface area contributed by atoms with Crippen molar-refractivity contribution in [2.45, 2.75) is 6.92 Å². The van der Waals surface area contributed by atoms with Crippen molar-refractivity contribution in [2.24, 2.45) is 5.73 Å². The summed E-state index contributed by atoms with van der Waals surface area (Å²) < 4.78 is 0.840. The van der Waals surface area contributed by atoms with Crippen LogP contribution in [0.3, 0.4) is 0 Å². The lowest BCUT2D eigenvalue weighted by molar-refractivity contribution is 1.02. The molecule has 0 aliphatic carbocycles. The predicted octanol–water partition coefficient (Wildman–Crippen LogP) is 3.89. The lowest BCUT2D eigenvalue weighted by Crippen LogP contribution is -2.22. The zero-order valence-corrected chi connectivity index (χ0v) is 12.3. The third-order valence-electron chi connectivity index (χ3n) is 2.94. The molecule has 0 unspecified atom stereocenters. The van der Waals surface area contributed by atoms with Crippen LogP contribution in [0.4, 0.5) is 11.4 Å². The smallest absolute Gasteiger partial charge is 0.126 e. The van der Waals surface area contributed by atoms with Crippen molar-refractivity contribution in [3.8, 4) is 0 Å². The van der Waals surface area contributed by atoms with Crippen molar-refractivity contribution in [1.82, 2.24) is 0 Å². The van der Waals surface area contributed by atoms with Gasteiger partial charge in [0.2, 0.25) is 0 Å². The molecule has 0 amide bonds. The number of amidine groups is 1. The van der Waals surface area contributed by atoms with Crippen molar-refractivity contribution < 1.29 is 0 Å². The number of nitrogens with one attached hydrogen (secondary N) is 1. The van der Waals surface area contributed by atoms with Gasteiger partial charge in [-0.25, -0.2) is 0 Å². The topological polar surface area (TPSA) is 53.1 Å². The van der Waals surface area contributed by atoms with E-state index in [1.165, 1.54) is 0 Å². The van der Waals surface area contributed by atoms with Gasteiger partial charge in [0.25, 0.3) is 0 Å². The van der Waals surface area contributed by atoms with Crippen LogP contribution in [0.15, 0.2) is 53.0 Å². The van der Waals surface area contributed by atoms with Gasteiger partial charge in [0.15, 0.2) is 0 Å². The van der Waals surface area contributed by atoms with Gasteiger partial charge in [0.1, 0.15) is 5.84 Å². The van der Waals surface area contributed by atoms with E-state index in [4.69, 9.17) is 11.1 Å². The Morgan fingerprint density at radius 1 is 1.16 bits per heavy atom. The summed E-state index contributed by atoms with van der Waals surface area (Å²) in [4.78, 5) is 2.14. The first-order valence-electron chi connectivity index (χ1n) is 6.10. The number of rotatable bonds is 4. The Bertz CT molecular complexity index is 581. The van der Waals surface area contributed by atoms with Crippen molar-refractivity contribution in [3.05, 3.63) is 58.6 Å². The second-order valence-electron chi connectivity index (χ2n) is 4.13. The molecule has 0 saturated heterocycles. The van der Waals surface area contributed by atoms with Crippen LogP contribution in [0.25, 0.3) is 0 Å². The molecule has 3 N–H and O–H groups in total. The van der Waals surface area contributed by atoms with E-state index in [1.807, 2.05) is 48.5 Å². The lowest BCUT2D eigenvalue weighted by Gasteiger charge is -2.26. The van der Waals surface area contributed by atoms with Crippen molar-refractivity contribution in [1.29, 1.82) is 5.41 Å². The SMILES string of the molecule is CCN(c1ccccc1)c1cccc(Br)c1C(=N)N. The summed E-state index contributed by atoms with van der Waals surface area (Å²) >= 11 is 3.47. The Morgan fingerprint density at radius 2 is 1.84 bits per heavy atom. The first kappa shape index (κ1) is 13.6. The van der Waals surface area contributed by atoms with Crippen LogP contribution in [-0.2, 0) is 0 Å². The van der Waals surface area contributed by atoms with Crippen molar-refractivity contribution in [2.75, 3.05) is 11.4 Å². The monoisotopic (exact) mass is 317 g/mol. The summed E-state index contributed by atoms with van der Waals surface area (Å²) in [5.41, 5.74) is 8.47. The average Bonchev–Trinajstić information content (AvgIpc) is 2.40. The van der Waals surface area contributed by atoms with Gasteiger partial charge in [0.05, 0.1) is 11.3 Å². The van der Waals surface area contributed by atoms with E-state index in [9.17, 15) is 0 Å². The minimum absolute atomic E-state index is 0.0665. The highest BCUT2D eigenvalue weighted by Crippen LogP contribution is 2.32. The molecular weight excluding hydrogens is 302 g/mol. The molecule has 0 aliphatic rings. The molecule has 0 spiro atoms. The minimum atomic E-state index is 0.0665. The fraction of sp³-hybridized carbons (Fsp3) is 0.133. The molecule has 98 valence electrons. The summed E-state index contributed by atoms with van der Waals surface area (Å²) in [6, 6.07) is 15.9. The maximum absolute atomic E-state index is 7.77. The number of para-hydroxylation sites is 1. The highest BCUT2D eigenvalue weighted by Gasteiger charge is 2.15. The van der Waals surface area contributed by atoms with Crippen LogP contribution < -0.4 is 10.6 Å². The van der Waals surface area contributed by atoms with Gasteiger partial charge < -0.3 is 10.6 Å². The number of anilines is 2. The molecule has 2 aromatic carbocycles. The highest BCUT2D eigenvalue weighted by atomic mass is 79.9. The van der Waals surface area contributed by atoms with E-state index < -0.39 is 0 Å². The van der Waals surface area contributed by atoms with Crippen molar-refractivity contribution >= 4 is 33.1 Å². The van der Waals surface area contributed by atoms with Gasteiger partial charge in [-0.05, 0) is 47.1 Å². The number of hydrogen-bond acceptors (Lipinski definition) is 2. The van der Waals surface area contributed by atoms with Crippen LogP contribution in [0, 0.1) is 5.41 Å². The van der Waals surface area contributed by atoms with E-state index >= 15 is 0 Å². The molecule has 0 saturated carbocycles. The van der Waals surface area contributed by atoms with Crippen LogP contribution in [0.1, 0.15) is 12.5 Å². The van der Waals surface area contributed by atoms with Crippen LogP contribution in [-0.4, -0.2) is 12.4 Å². The van der Waals surface area contributed by atoms with Gasteiger partial charge >= 0.3 is 0 Å². The Hall–Kier alpha value is -1.81. The number of benzene rings is 2. The molecule has 0 atom stereocenters. The average molecular weight is 318 g/mol. The Morgan fingerprint density at radius 3 is 2.42 bits per heavy atom. The quantitative estimate of drug-likeness (QED) is 0.664. The van der Waals surface area contributed by atoms with Crippen LogP contribution in [0.2, 0.25) is 0 Å². The predicted molar refractivity (Wildman–Crippen MR) is 84.3 cm³/mol. The standard InChI is InChI=1S/C15H16BrN3/c1-2-19(11-7-4-3-5-8-11)13-10-6-9-12(16)14(13)15(17)18/h3-10H,2H2,1H3,(H3,17,18). The summed E-state index contributed by atoms with van der Waals surface area (Å²) in [6.07, 6.45) is 0. The maximum Gasteiger partial charge on any atom is 0.126 e. The molecule has 2 rings (SSSR count). The Kier molecular flexibility index (Phi) is 4.22. The maximum atomic E-state index is 7.77. The molecule has 19 heavy (non-hydrogen) atoms. The summed E-state index contributed by atoms with van der Waals surface area (Å²) in [5.74, 6) is 0.0665. The Labute approximate surface area is 121 Å². The molecule has 0 heterocycles. The molecule has 0 bridgehead atoms. The molecule has 3 nitrogen and oxygen atoms in total. The zero-order valence-electron chi connectivity index (χ0n) is 10.7. The molecular formula is C15H16BrN3. The second-order valence-corrected chi connectivity index (χ2v) is 4.98. The van der Waals surface area contributed by atoms with E-state index in [0.717, 1.165) is 28.0 Å². The number of halogens is 1. The number of hydrogen-bond donors (Lipinski definition) is 2. The van der Waals surface area contributed by atoms with Crippen LogP contribution in [0.5, 0.6) is 0 Å². The number of nitrogens with two attached hydrogens (primary N) is 1. The fourth-order valence-electron chi connectivity index (χ4n) is 2.10. The van der Waals surface area contributed by atoms with E-state index in [0.29, 0.717) is 0 Å². The fourth-order valence-corrected chi connectivity index (χ4v) is 2.67. The second kappa shape index (κ2) is 5.89. The van der Waals surface area contributed by atoms with Gasteiger partial charge in [-0.3, -0.25) is 5.41 Å². The first-order valence-corrected chi connectivity index (χ1v) is 6.90. The van der Waals surface area contributed by atoms with Gasteiger partial charge in [-0.2, -0.15) is 0 Å². The molecule has 0 aliphatic heterocycles. The Balaban J connectivity index is 2.56. The summed E-state index contributed by atoms with van der Waals surface area (Å²) in [6.45, 7) is 2.89. The van der Waals surface area contributed by atoms with E-state index in [2.05, 4.69) is 27.8 Å². The normalized spacial score (nSPS) is 10.2. The molecule has 0 radical (unpaired) electrons. The third-order valence-corrected chi connectivity index (χ3v) is 3.60. The number of nitrogens with zero attached hydrogens (tertiary/aromatic N) is 1. The minimum Gasteiger partial charge on any atom is -0.384 e. The molecule has 2 aromatic rings. The summed E-state index contributed by atoms with van der Waals surface area (Å²) in [7, 11) is 0. The van der Waals surface area contributed by atoms with Gasteiger partial charge in [-0.15, -0.1) is 0 Å². The third kappa shape index (κ3) is 2.79. The molecule has 0 fully saturated rings. The lowest BCUT2D eigenvalue weighted by atomic mass is 10.1. The largest absolute Gasteiger partial charge is 0.384 e. The first-order chi connectivity index (χ1) is 9.15. The zero-order chi connectivity index (χ0) is 13.8. The number of nitrogen functional groups attached to an aromatic ring is 1. The molecule has 0 aromatic heterocycles.